The summed E-state index contributed by atoms with van der Waals surface area (Å²) in [6.45, 7) is 4.38. The summed E-state index contributed by atoms with van der Waals surface area (Å²) in [7, 11) is 3.56. The highest BCUT2D eigenvalue weighted by Gasteiger charge is 2.14. The van der Waals surface area contributed by atoms with Gasteiger partial charge in [-0.2, -0.15) is 0 Å². The summed E-state index contributed by atoms with van der Waals surface area (Å²) in [4.78, 5) is 17.8. The summed E-state index contributed by atoms with van der Waals surface area (Å²) in [6, 6.07) is 3.69. The number of nitrogens with two attached hydrogens (primary N) is 1. The molecule has 1 aromatic rings. The van der Waals surface area contributed by atoms with Crippen LogP contribution in [-0.2, 0) is 4.79 Å². The number of nitrogen functional groups attached to an aromatic ring is 1. The Kier molecular flexibility index (Phi) is 4.31. The van der Waals surface area contributed by atoms with Crippen molar-refractivity contribution in [2.45, 2.75) is 13.8 Å². The molecular weight excluding hydrogens is 216 g/mol. The third-order valence-electron chi connectivity index (χ3n) is 2.74. The molecule has 0 radical (unpaired) electrons. The van der Waals surface area contributed by atoms with E-state index in [-0.39, 0.29) is 11.8 Å². The fourth-order valence-electron chi connectivity index (χ4n) is 1.60. The normalized spacial score (nSPS) is 12.0. The lowest BCUT2D eigenvalue weighted by molar-refractivity contribution is -0.123. The van der Waals surface area contributed by atoms with Gasteiger partial charge in [0.05, 0.1) is 17.3 Å². The molecule has 1 unspecified atom stereocenters. The van der Waals surface area contributed by atoms with Crippen molar-refractivity contribution in [3.05, 3.63) is 17.8 Å². The number of hydrogen-bond acceptors (Lipinski definition) is 4. The number of carbonyl (C=O) groups is 1. The monoisotopic (exact) mass is 236 g/mol. The van der Waals surface area contributed by atoms with Crippen LogP contribution in [0, 0.1) is 12.8 Å². The Balaban J connectivity index is 2.72. The van der Waals surface area contributed by atoms with E-state index in [1.54, 1.807) is 7.05 Å². The van der Waals surface area contributed by atoms with E-state index in [1.807, 2.05) is 37.9 Å². The molecule has 0 saturated carbocycles. The SMILES string of the molecule is CNC(=O)C(C)CN(C)c1ccc(N)c(C)n1. The second-order valence-electron chi connectivity index (χ2n) is 4.24. The summed E-state index contributed by atoms with van der Waals surface area (Å²) in [5, 5.41) is 2.64. The molecule has 1 rings (SSSR count). The van der Waals surface area contributed by atoms with Crippen molar-refractivity contribution < 1.29 is 4.79 Å². The molecule has 0 aliphatic rings. The van der Waals surface area contributed by atoms with Crippen LogP contribution in [0.3, 0.4) is 0 Å². The van der Waals surface area contributed by atoms with E-state index in [0.717, 1.165) is 11.5 Å². The Morgan fingerprint density at radius 2 is 2.24 bits per heavy atom. The maximum atomic E-state index is 11.4. The second kappa shape index (κ2) is 5.52. The summed E-state index contributed by atoms with van der Waals surface area (Å²) in [5.41, 5.74) is 7.20. The minimum absolute atomic E-state index is 0.0315. The summed E-state index contributed by atoms with van der Waals surface area (Å²) >= 11 is 0. The van der Waals surface area contributed by atoms with Gasteiger partial charge in [-0.05, 0) is 19.1 Å². The molecule has 5 nitrogen and oxygen atoms in total. The minimum atomic E-state index is -0.0790. The fourth-order valence-corrected chi connectivity index (χ4v) is 1.60. The molecule has 0 aliphatic heterocycles. The van der Waals surface area contributed by atoms with E-state index in [9.17, 15) is 4.79 Å². The number of aromatic nitrogens is 1. The molecule has 1 amide bonds. The zero-order chi connectivity index (χ0) is 13.0. The molecule has 1 atom stereocenters. The number of amides is 1. The predicted octanol–water partition coefficient (Wildman–Crippen LogP) is 0.791. The first-order chi connectivity index (χ1) is 7.95. The summed E-state index contributed by atoms with van der Waals surface area (Å²) < 4.78 is 0. The number of anilines is 2. The van der Waals surface area contributed by atoms with Gasteiger partial charge in [-0.3, -0.25) is 4.79 Å². The lowest BCUT2D eigenvalue weighted by Gasteiger charge is -2.22. The summed E-state index contributed by atoms with van der Waals surface area (Å²) in [5.74, 6) is 0.779. The lowest BCUT2D eigenvalue weighted by atomic mass is 10.1. The molecule has 0 aromatic carbocycles. The van der Waals surface area contributed by atoms with Gasteiger partial charge in [0, 0.05) is 20.6 Å². The number of rotatable bonds is 4. The Morgan fingerprint density at radius 1 is 1.59 bits per heavy atom. The molecule has 1 heterocycles. The Labute approximate surface area is 102 Å². The van der Waals surface area contributed by atoms with Crippen LogP contribution >= 0.6 is 0 Å². The van der Waals surface area contributed by atoms with E-state index in [2.05, 4.69) is 10.3 Å². The maximum Gasteiger partial charge on any atom is 0.224 e. The first-order valence-electron chi connectivity index (χ1n) is 5.61. The largest absolute Gasteiger partial charge is 0.397 e. The van der Waals surface area contributed by atoms with Gasteiger partial charge >= 0.3 is 0 Å². The van der Waals surface area contributed by atoms with Crippen molar-refractivity contribution in [3.63, 3.8) is 0 Å². The first-order valence-corrected chi connectivity index (χ1v) is 5.61. The molecule has 0 aliphatic carbocycles. The Morgan fingerprint density at radius 3 is 2.76 bits per heavy atom. The molecule has 3 N–H and O–H groups in total. The zero-order valence-corrected chi connectivity index (χ0v) is 10.8. The smallest absolute Gasteiger partial charge is 0.224 e. The van der Waals surface area contributed by atoms with Crippen molar-refractivity contribution in [1.29, 1.82) is 0 Å². The topological polar surface area (TPSA) is 71.2 Å². The van der Waals surface area contributed by atoms with Gasteiger partial charge < -0.3 is 16.0 Å². The average Bonchev–Trinajstić information content (AvgIpc) is 2.31. The fraction of sp³-hybridized carbons (Fsp3) is 0.500. The molecule has 0 bridgehead atoms. The van der Waals surface area contributed by atoms with Gasteiger partial charge in [0.2, 0.25) is 5.91 Å². The van der Waals surface area contributed by atoms with Gasteiger partial charge in [0.25, 0.3) is 0 Å². The number of hydrogen-bond donors (Lipinski definition) is 2. The number of nitrogens with zero attached hydrogens (tertiary/aromatic N) is 2. The van der Waals surface area contributed by atoms with Crippen molar-refractivity contribution in [3.8, 4) is 0 Å². The lowest BCUT2D eigenvalue weighted by Crippen LogP contribution is -2.34. The number of carbonyl (C=O) groups excluding carboxylic acids is 1. The average molecular weight is 236 g/mol. The number of pyridine rings is 1. The van der Waals surface area contributed by atoms with Gasteiger partial charge in [0.1, 0.15) is 5.82 Å². The van der Waals surface area contributed by atoms with E-state index >= 15 is 0 Å². The van der Waals surface area contributed by atoms with Crippen molar-refractivity contribution in [2.24, 2.45) is 5.92 Å². The maximum absolute atomic E-state index is 11.4. The van der Waals surface area contributed by atoms with Crippen molar-refractivity contribution in [2.75, 3.05) is 31.3 Å². The highest BCUT2D eigenvalue weighted by atomic mass is 16.1. The van der Waals surface area contributed by atoms with E-state index in [1.165, 1.54) is 0 Å². The molecule has 0 fully saturated rings. The van der Waals surface area contributed by atoms with E-state index in [4.69, 9.17) is 5.73 Å². The highest BCUT2D eigenvalue weighted by molar-refractivity contribution is 5.78. The minimum Gasteiger partial charge on any atom is -0.397 e. The van der Waals surface area contributed by atoms with E-state index in [0.29, 0.717) is 12.2 Å². The van der Waals surface area contributed by atoms with Crippen LogP contribution in [0.1, 0.15) is 12.6 Å². The van der Waals surface area contributed by atoms with Crippen LogP contribution < -0.4 is 16.0 Å². The van der Waals surface area contributed by atoms with Crippen molar-refractivity contribution >= 4 is 17.4 Å². The first kappa shape index (κ1) is 13.3. The van der Waals surface area contributed by atoms with Crippen LogP contribution in [0.5, 0.6) is 0 Å². The van der Waals surface area contributed by atoms with Gasteiger partial charge in [-0.25, -0.2) is 4.98 Å². The van der Waals surface area contributed by atoms with Crippen LogP contribution in [0.2, 0.25) is 0 Å². The third-order valence-corrected chi connectivity index (χ3v) is 2.74. The van der Waals surface area contributed by atoms with Gasteiger partial charge in [0.15, 0.2) is 0 Å². The van der Waals surface area contributed by atoms with Gasteiger partial charge in [-0.1, -0.05) is 6.92 Å². The van der Waals surface area contributed by atoms with Crippen LogP contribution in [0.25, 0.3) is 0 Å². The molecule has 0 saturated heterocycles. The third kappa shape index (κ3) is 3.34. The zero-order valence-electron chi connectivity index (χ0n) is 10.8. The Bertz CT molecular complexity index is 405. The highest BCUT2D eigenvalue weighted by Crippen LogP contribution is 2.15. The predicted molar refractivity (Wildman–Crippen MR) is 69.9 cm³/mol. The Hall–Kier alpha value is -1.78. The standard InChI is InChI=1S/C12H20N4O/c1-8(12(17)14-3)7-16(4)11-6-5-10(13)9(2)15-11/h5-6,8H,7,13H2,1-4H3,(H,14,17). The molecule has 94 valence electrons. The molecular formula is C12H20N4O. The van der Waals surface area contributed by atoms with Crippen molar-refractivity contribution in [1.82, 2.24) is 10.3 Å². The molecule has 5 heteroatoms. The molecule has 1 aromatic heterocycles. The molecule has 17 heavy (non-hydrogen) atoms. The molecule has 0 spiro atoms. The van der Waals surface area contributed by atoms with Gasteiger partial charge in [-0.15, -0.1) is 0 Å². The van der Waals surface area contributed by atoms with E-state index < -0.39 is 0 Å². The quantitative estimate of drug-likeness (QED) is 0.811. The van der Waals surface area contributed by atoms with Crippen LogP contribution in [0.15, 0.2) is 12.1 Å². The number of aryl methyl sites for hydroxylation is 1. The number of nitrogens with one attached hydrogen (secondary N) is 1. The summed E-state index contributed by atoms with van der Waals surface area (Å²) in [6.07, 6.45) is 0. The van der Waals surface area contributed by atoms with Crippen LogP contribution in [0.4, 0.5) is 11.5 Å². The second-order valence-corrected chi connectivity index (χ2v) is 4.24. The van der Waals surface area contributed by atoms with Crippen LogP contribution in [-0.4, -0.2) is 31.5 Å².